The number of benzene rings is 2. The highest BCUT2D eigenvalue weighted by Crippen LogP contribution is 2.39. The fraction of sp³-hybridized carbons (Fsp3) is 0.350. The quantitative estimate of drug-likeness (QED) is 0.137. The molecule has 4 heterocycles. The predicted octanol–water partition coefficient (Wildman–Crippen LogP) is 13.0. The highest BCUT2D eigenvalue weighted by molar-refractivity contribution is 8.03. The van der Waals surface area contributed by atoms with Crippen molar-refractivity contribution >= 4 is 45.8 Å². The van der Waals surface area contributed by atoms with Crippen molar-refractivity contribution in [3.63, 3.8) is 0 Å². The first-order valence-corrected chi connectivity index (χ1v) is 19.4. The number of unbranched alkanes of at least 4 members (excludes halogenated alkanes) is 1. The summed E-state index contributed by atoms with van der Waals surface area (Å²) in [4.78, 5) is 10.1. The van der Waals surface area contributed by atoms with Crippen molar-refractivity contribution in [3.8, 4) is 20.9 Å². The van der Waals surface area contributed by atoms with E-state index >= 15 is 0 Å². The van der Waals surface area contributed by atoms with E-state index < -0.39 is 0 Å². The SMILES string of the molecule is CCCCc1cc(-c2ccc(-c3ccc(Cc4cc(Cc5cc(C)c(C)s5)cc(CC5CC(C)=C(C)S5)c4)s3)cc2)sc1C. The summed E-state index contributed by atoms with van der Waals surface area (Å²) in [5, 5.41) is 0.668. The Labute approximate surface area is 281 Å². The summed E-state index contributed by atoms with van der Waals surface area (Å²) in [6, 6.07) is 26.2. The first-order valence-electron chi connectivity index (χ1n) is 16.0. The van der Waals surface area contributed by atoms with Gasteiger partial charge in [0.1, 0.15) is 0 Å². The minimum Gasteiger partial charge on any atom is -0.145 e. The Morgan fingerprint density at radius 2 is 1.34 bits per heavy atom. The van der Waals surface area contributed by atoms with Crippen LogP contribution >= 0.6 is 45.8 Å². The van der Waals surface area contributed by atoms with Gasteiger partial charge < -0.3 is 0 Å². The summed E-state index contributed by atoms with van der Waals surface area (Å²) in [6.07, 6.45) is 8.11. The third-order valence-electron chi connectivity index (χ3n) is 8.96. The molecule has 0 N–H and O–H groups in total. The van der Waals surface area contributed by atoms with E-state index in [0.29, 0.717) is 5.25 Å². The zero-order valence-electron chi connectivity index (χ0n) is 27.0. The Hall–Kier alpha value is -2.37. The lowest BCUT2D eigenvalue weighted by molar-refractivity contribution is 0.794. The zero-order valence-corrected chi connectivity index (χ0v) is 30.3. The van der Waals surface area contributed by atoms with Crippen molar-refractivity contribution in [2.45, 2.75) is 91.7 Å². The molecular formula is C40H44S4. The number of hydrogen-bond acceptors (Lipinski definition) is 4. The van der Waals surface area contributed by atoms with E-state index in [1.165, 1.54) is 98.8 Å². The van der Waals surface area contributed by atoms with Gasteiger partial charge in [-0.2, -0.15) is 0 Å². The minimum atomic E-state index is 0.668. The lowest BCUT2D eigenvalue weighted by Gasteiger charge is -2.13. The molecule has 2 aromatic carbocycles. The fourth-order valence-corrected chi connectivity index (χ4v) is 10.9. The first kappa shape index (κ1) is 31.6. The van der Waals surface area contributed by atoms with Gasteiger partial charge >= 0.3 is 0 Å². The molecule has 0 nitrogen and oxygen atoms in total. The number of allylic oxidation sites excluding steroid dienone is 2. The Kier molecular flexibility index (Phi) is 10.0. The molecule has 0 amide bonds. The molecule has 0 spiro atoms. The smallest absolute Gasteiger partial charge is 0.0348 e. The van der Waals surface area contributed by atoms with Crippen LogP contribution in [-0.2, 0) is 25.7 Å². The highest BCUT2D eigenvalue weighted by atomic mass is 32.2. The van der Waals surface area contributed by atoms with Crippen molar-refractivity contribution in [1.29, 1.82) is 0 Å². The van der Waals surface area contributed by atoms with Gasteiger partial charge in [-0.3, -0.25) is 0 Å². The van der Waals surface area contributed by atoms with Gasteiger partial charge in [0.25, 0.3) is 0 Å². The van der Waals surface area contributed by atoms with Crippen molar-refractivity contribution in [2.75, 3.05) is 0 Å². The monoisotopic (exact) mass is 652 g/mol. The summed E-state index contributed by atoms with van der Waals surface area (Å²) < 4.78 is 0. The van der Waals surface area contributed by atoms with Gasteiger partial charge in [-0.05, 0) is 128 Å². The van der Waals surface area contributed by atoms with E-state index in [2.05, 4.69) is 120 Å². The standard InChI is InChI=1S/C40H44S4/c1-7-8-9-35-24-40(43-29(35)6)34-12-10-33(11-13-34)39-15-14-36(44-39)21-30-18-31(22-37-16-25(2)27(4)41-37)20-32(19-30)23-38-17-26(3)28(5)42-38/h10-16,18-20,24,38H,7-9,17,21-23H2,1-6H3. The maximum atomic E-state index is 2.49. The summed E-state index contributed by atoms with van der Waals surface area (Å²) >= 11 is 7.92. The third kappa shape index (κ3) is 7.53. The summed E-state index contributed by atoms with van der Waals surface area (Å²) in [5.74, 6) is 0. The Morgan fingerprint density at radius 1 is 0.659 bits per heavy atom. The number of rotatable bonds is 11. The molecule has 0 saturated heterocycles. The van der Waals surface area contributed by atoms with Gasteiger partial charge in [0, 0.05) is 47.4 Å². The molecule has 5 aromatic rings. The van der Waals surface area contributed by atoms with Crippen molar-refractivity contribution in [1.82, 2.24) is 0 Å². The number of thioether (sulfide) groups is 1. The van der Waals surface area contributed by atoms with Crippen molar-refractivity contribution in [2.24, 2.45) is 0 Å². The summed E-state index contributed by atoms with van der Waals surface area (Å²) in [5.41, 5.74) is 11.6. The molecule has 0 bridgehead atoms. The van der Waals surface area contributed by atoms with Crippen LogP contribution in [-0.4, -0.2) is 5.25 Å². The maximum Gasteiger partial charge on any atom is 0.0348 e. The molecule has 44 heavy (non-hydrogen) atoms. The van der Waals surface area contributed by atoms with Crippen LogP contribution in [0.1, 0.15) is 87.4 Å². The number of hydrogen-bond donors (Lipinski definition) is 0. The maximum absolute atomic E-state index is 2.49. The largest absolute Gasteiger partial charge is 0.145 e. The van der Waals surface area contributed by atoms with Crippen molar-refractivity contribution in [3.05, 3.63) is 125 Å². The van der Waals surface area contributed by atoms with E-state index in [1.807, 2.05) is 34.0 Å². The molecule has 1 atom stereocenters. The molecule has 4 heteroatoms. The van der Waals surface area contributed by atoms with E-state index in [9.17, 15) is 0 Å². The Balaban J connectivity index is 1.19. The zero-order chi connectivity index (χ0) is 30.8. The molecule has 0 fully saturated rings. The van der Waals surface area contributed by atoms with Crippen LogP contribution < -0.4 is 0 Å². The van der Waals surface area contributed by atoms with Gasteiger partial charge in [0.2, 0.25) is 0 Å². The van der Waals surface area contributed by atoms with Gasteiger partial charge in [-0.25, -0.2) is 0 Å². The van der Waals surface area contributed by atoms with Gasteiger partial charge in [0.15, 0.2) is 0 Å². The molecule has 1 aliphatic rings. The van der Waals surface area contributed by atoms with Crippen LogP contribution in [0.5, 0.6) is 0 Å². The van der Waals surface area contributed by atoms with Crippen LogP contribution in [0.25, 0.3) is 20.9 Å². The second-order valence-electron chi connectivity index (χ2n) is 12.6. The van der Waals surface area contributed by atoms with E-state index in [4.69, 9.17) is 0 Å². The number of thiophene rings is 3. The minimum absolute atomic E-state index is 0.668. The van der Waals surface area contributed by atoms with Gasteiger partial charge in [-0.15, -0.1) is 45.8 Å². The Morgan fingerprint density at radius 3 is 1.98 bits per heavy atom. The summed E-state index contributed by atoms with van der Waals surface area (Å²) in [6.45, 7) is 13.6. The highest BCUT2D eigenvalue weighted by Gasteiger charge is 2.21. The average Bonchev–Trinajstić information content (AvgIpc) is 3.76. The van der Waals surface area contributed by atoms with Crippen molar-refractivity contribution < 1.29 is 0 Å². The molecular weight excluding hydrogens is 609 g/mol. The lowest BCUT2D eigenvalue weighted by Crippen LogP contribution is -2.05. The van der Waals surface area contributed by atoms with Gasteiger partial charge in [-0.1, -0.05) is 61.4 Å². The predicted molar refractivity (Wildman–Crippen MR) is 200 cm³/mol. The Bertz CT molecular complexity index is 1740. The molecule has 228 valence electrons. The lowest BCUT2D eigenvalue weighted by atomic mass is 9.97. The van der Waals surface area contributed by atoms with E-state index in [-0.39, 0.29) is 0 Å². The molecule has 1 aliphatic heterocycles. The van der Waals surface area contributed by atoms with Crippen LogP contribution in [0, 0.1) is 20.8 Å². The fourth-order valence-electron chi connectivity index (χ4n) is 6.26. The molecule has 3 aromatic heterocycles. The normalized spacial score (nSPS) is 15.1. The van der Waals surface area contributed by atoms with Gasteiger partial charge in [0.05, 0.1) is 0 Å². The molecule has 6 rings (SSSR count). The second kappa shape index (κ2) is 14.0. The van der Waals surface area contributed by atoms with Crippen LogP contribution in [0.2, 0.25) is 0 Å². The first-order chi connectivity index (χ1) is 21.2. The van der Waals surface area contributed by atoms with Crippen LogP contribution in [0.4, 0.5) is 0 Å². The molecule has 0 saturated carbocycles. The van der Waals surface area contributed by atoms with Crippen LogP contribution in [0.3, 0.4) is 0 Å². The third-order valence-corrected chi connectivity index (χ3v) is 13.8. The second-order valence-corrected chi connectivity index (χ2v) is 17.9. The van der Waals surface area contributed by atoms with Crippen LogP contribution in [0.15, 0.2) is 77.2 Å². The molecule has 1 unspecified atom stereocenters. The van der Waals surface area contributed by atoms with E-state index in [1.54, 1.807) is 5.57 Å². The van der Waals surface area contributed by atoms with E-state index in [0.717, 1.165) is 19.3 Å². The molecule has 0 radical (unpaired) electrons. The number of aryl methyl sites for hydroxylation is 4. The average molecular weight is 653 g/mol. The molecule has 0 aliphatic carbocycles. The summed E-state index contributed by atoms with van der Waals surface area (Å²) in [7, 11) is 0. The topological polar surface area (TPSA) is 0 Å².